The Hall–Kier alpha value is -7.08. The fourth-order valence-corrected chi connectivity index (χ4v) is 8.97. The lowest BCUT2D eigenvalue weighted by atomic mass is 10.1. The lowest BCUT2D eigenvalue weighted by Gasteiger charge is -2.11. The molecule has 0 amide bonds. The van der Waals surface area contributed by atoms with E-state index in [0.29, 0.717) is 0 Å². The van der Waals surface area contributed by atoms with Gasteiger partial charge in [0.1, 0.15) is 10.0 Å². The first-order valence-electron chi connectivity index (χ1n) is 18.5. The summed E-state index contributed by atoms with van der Waals surface area (Å²) in [6, 6.07) is 69.5. The average molecular weight is 721 g/mol. The molecule has 0 aliphatic carbocycles. The third-order valence-electron chi connectivity index (χ3n) is 10.7. The van der Waals surface area contributed by atoms with Crippen LogP contribution in [0, 0.1) is 0 Å². The molecule has 0 spiro atoms. The normalized spacial score (nSPS) is 11.6. The van der Waals surface area contributed by atoms with Gasteiger partial charge in [-0.15, -0.1) is 10.2 Å². The van der Waals surface area contributed by atoms with Crippen molar-refractivity contribution in [2.75, 3.05) is 0 Å². The van der Waals surface area contributed by atoms with E-state index in [0.717, 1.165) is 43.6 Å². The number of hydrogen-bond acceptors (Lipinski definition) is 3. The molecule has 0 aliphatic rings. The van der Waals surface area contributed by atoms with Crippen LogP contribution >= 0.6 is 11.3 Å². The number of rotatable bonds is 6. The summed E-state index contributed by atoms with van der Waals surface area (Å²) in [6.45, 7) is 0. The standard InChI is InChI=1S/C50H32N4S/c1-3-13-33(14-4-1)35-17-11-19-39(29-35)53-46-24-10-8-22-42(46)44-31-37(26-28-47(44)53)49-51-52-50(55-49)38-25-27-43-41-21-7-9-23-45(41)54(48(43)32-38)40-20-12-18-36(30-40)34-15-5-2-6-16-34/h1-32H. The van der Waals surface area contributed by atoms with E-state index < -0.39 is 0 Å². The van der Waals surface area contributed by atoms with Gasteiger partial charge in [-0.05, 0) is 82.9 Å². The van der Waals surface area contributed by atoms with Crippen LogP contribution in [-0.4, -0.2) is 19.3 Å². The molecular weight excluding hydrogens is 689 g/mol. The van der Waals surface area contributed by atoms with Gasteiger partial charge in [0.2, 0.25) is 0 Å². The molecule has 0 unspecified atom stereocenters. The van der Waals surface area contributed by atoms with E-state index in [-0.39, 0.29) is 0 Å². The summed E-state index contributed by atoms with van der Waals surface area (Å²) in [5.74, 6) is 0. The minimum atomic E-state index is 0.895. The van der Waals surface area contributed by atoms with Crippen molar-refractivity contribution < 1.29 is 0 Å². The number of aromatic nitrogens is 4. The molecule has 5 heteroatoms. The Morgan fingerprint density at radius 2 is 0.745 bits per heavy atom. The molecule has 0 aliphatic heterocycles. The van der Waals surface area contributed by atoms with Gasteiger partial charge >= 0.3 is 0 Å². The van der Waals surface area contributed by atoms with Crippen molar-refractivity contribution in [3.63, 3.8) is 0 Å². The Morgan fingerprint density at radius 3 is 1.36 bits per heavy atom. The fourth-order valence-electron chi connectivity index (χ4n) is 8.13. The van der Waals surface area contributed by atoms with Crippen molar-refractivity contribution in [3.8, 4) is 54.8 Å². The van der Waals surface area contributed by atoms with Gasteiger partial charge in [0.15, 0.2) is 0 Å². The van der Waals surface area contributed by atoms with Crippen LogP contribution in [0.4, 0.5) is 0 Å². The van der Waals surface area contributed by atoms with Gasteiger partial charge in [-0.25, -0.2) is 0 Å². The fraction of sp³-hybridized carbons (Fsp3) is 0. The van der Waals surface area contributed by atoms with Crippen LogP contribution in [0.2, 0.25) is 0 Å². The smallest absolute Gasteiger partial charge is 0.148 e. The van der Waals surface area contributed by atoms with Crippen LogP contribution in [0.5, 0.6) is 0 Å². The number of benzene rings is 8. The average Bonchev–Trinajstić information content (AvgIpc) is 3.97. The molecule has 55 heavy (non-hydrogen) atoms. The Bertz CT molecular complexity index is 3210. The molecule has 0 fully saturated rings. The summed E-state index contributed by atoms with van der Waals surface area (Å²) in [7, 11) is 0. The quantitative estimate of drug-likeness (QED) is 0.171. The molecule has 11 rings (SSSR count). The number of nitrogens with zero attached hydrogens (tertiary/aromatic N) is 4. The molecule has 0 radical (unpaired) electrons. The monoisotopic (exact) mass is 720 g/mol. The Balaban J connectivity index is 1.00. The molecule has 3 heterocycles. The predicted octanol–water partition coefficient (Wildman–Crippen LogP) is 13.4. The summed E-state index contributed by atoms with van der Waals surface area (Å²) < 4.78 is 4.75. The van der Waals surface area contributed by atoms with Gasteiger partial charge in [-0.1, -0.05) is 145 Å². The summed E-state index contributed by atoms with van der Waals surface area (Å²) in [4.78, 5) is 0. The van der Waals surface area contributed by atoms with Crippen LogP contribution in [0.1, 0.15) is 0 Å². The second-order valence-corrected chi connectivity index (χ2v) is 14.9. The van der Waals surface area contributed by atoms with Crippen molar-refractivity contribution in [2.45, 2.75) is 0 Å². The van der Waals surface area contributed by atoms with E-state index >= 15 is 0 Å². The van der Waals surface area contributed by atoms with Gasteiger partial charge in [-0.3, -0.25) is 0 Å². The molecule has 3 aromatic heterocycles. The Morgan fingerprint density at radius 1 is 0.291 bits per heavy atom. The first-order valence-corrected chi connectivity index (χ1v) is 19.3. The molecule has 0 saturated heterocycles. The molecule has 8 aromatic carbocycles. The zero-order valence-corrected chi connectivity index (χ0v) is 30.5. The maximum absolute atomic E-state index is 4.77. The summed E-state index contributed by atoms with van der Waals surface area (Å²) in [6.07, 6.45) is 0. The van der Waals surface area contributed by atoms with E-state index in [4.69, 9.17) is 10.2 Å². The predicted molar refractivity (Wildman–Crippen MR) is 230 cm³/mol. The molecule has 258 valence electrons. The lowest BCUT2D eigenvalue weighted by molar-refractivity contribution is 1.10. The maximum Gasteiger partial charge on any atom is 0.148 e. The van der Waals surface area contributed by atoms with Crippen LogP contribution < -0.4 is 0 Å². The van der Waals surface area contributed by atoms with Gasteiger partial charge in [-0.2, -0.15) is 0 Å². The summed E-state index contributed by atoms with van der Waals surface area (Å²) in [5.41, 5.74) is 13.8. The maximum atomic E-state index is 4.77. The summed E-state index contributed by atoms with van der Waals surface area (Å²) >= 11 is 1.63. The Kier molecular flexibility index (Phi) is 7.32. The second-order valence-electron chi connectivity index (χ2n) is 13.9. The Labute approximate surface area is 321 Å². The molecule has 0 saturated carbocycles. The molecule has 11 aromatic rings. The largest absolute Gasteiger partial charge is 0.309 e. The van der Waals surface area contributed by atoms with E-state index in [2.05, 4.69) is 203 Å². The van der Waals surface area contributed by atoms with Crippen LogP contribution in [-0.2, 0) is 0 Å². The molecule has 0 N–H and O–H groups in total. The van der Waals surface area contributed by atoms with Crippen LogP contribution in [0.3, 0.4) is 0 Å². The SMILES string of the molecule is c1ccc(-c2cccc(-n3c4ccccc4c4cc(-c5nnc(-c6ccc7c8ccccc8n(-c8cccc(-c9ccccc9)c8)c7c6)s5)ccc43)c2)cc1. The zero-order valence-electron chi connectivity index (χ0n) is 29.7. The lowest BCUT2D eigenvalue weighted by Crippen LogP contribution is -1.94. The highest BCUT2D eigenvalue weighted by molar-refractivity contribution is 7.17. The summed E-state index contributed by atoms with van der Waals surface area (Å²) in [5, 5.41) is 16.2. The topological polar surface area (TPSA) is 35.6 Å². The molecular formula is C50H32N4S. The highest BCUT2D eigenvalue weighted by Crippen LogP contribution is 2.40. The van der Waals surface area contributed by atoms with Crippen LogP contribution in [0.25, 0.3) is 98.4 Å². The van der Waals surface area contributed by atoms with Crippen molar-refractivity contribution in [2.24, 2.45) is 0 Å². The zero-order chi connectivity index (χ0) is 36.3. The first kappa shape index (κ1) is 31.4. The van der Waals surface area contributed by atoms with Crippen molar-refractivity contribution in [1.82, 2.24) is 19.3 Å². The molecule has 0 bridgehead atoms. The van der Waals surface area contributed by atoms with Gasteiger partial charge in [0.25, 0.3) is 0 Å². The molecule has 0 atom stereocenters. The van der Waals surface area contributed by atoms with E-state index in [1.165, 1.54) is 54.8 Å². The number of fused-ring (bicyclic) bond motifs is 6. The highest BCUT2D eigenvalue weighted by atomic mass is 32.1. The van der Waals surface area contributed by atoms with Gasteiger partial charge in [0, 0.05) is 44.0 Å². The minimum absolute atomic E-state index is 0.895. The van der Waals surface area contributed by atoms with Crippen LogP contribution in [0.15, 0.2) is 194 Å². The third kappa shape index (κ3) is 5.28. The van der Waals surface area contributed by atoms with Crippen molar-refractivity contribution in [1.29, 1.82) is 0 Å². The van der Waals surface area contributed by atoms with Gasteiger partial charge in [0.05, 0.1) is 22.1 Å². The van der Waals surface area contributed by atoms with Crippen molar-refractivity contribution in [3.05, 3.63) is 194 Å². The highest BCUT2D eigenvalue weighted by Gasteiger charge is 2.18. The third-order valence-corrected chi connectivity index (χ3v) is 11.7. The van der Waals surface area contributed by atoms with E-state index in [1.54, 1.807) is 11.3 Å². The molecule has 4 nitrogen and oxygen atoms in total. The van der Waals surface area contributed by atoms with Crippen molar-refractivity contribution >= 4 is 54.9 Å². The van der Waals surface area contributed by atoms with E-state index in [9.17, 15) is 0 Å². The van der Waals surface area contributed by atoms with E-state index in [1.807, 2.05) is 0 Å². The number of hydrogen-bond donors (Lipinski definition) is 0. The number of para-hydroxylation sites is 2. The first-order chi connectivity index (χ1) is 27.3. The second kappa shape index (κ2) is 12.8. The van der Waals surface area contributed by atoms with Gasteiger partial charge < -0.3 is 9.13 Å². The minimum Gasteiger partial charge on any atom is -0.309 e.